The molecule has 1 aromatic heterocycles. The van der Waals surface area contributed by atoms with Gasteiger partial charge in [0.2, 0.25) is 0 Å². The van der Waals surface area contributed by atoms with Crippen LogP contribution < -0.4 is 4.68 Å². The summed E-state index contributed by atoms with van der Waals surface area (Å²) in [5.41, 5.74) is 12.5. The van der Waals surface area contributed by atoms with Gasteiger partial charge in [-0.25, -0.2) is 0 Å². The molecule has 0 spiro atoms. The van der Waals surface area contributed by atoms with E-state index in [0.717, 1.165) is 22.5 Å². The molecule has 4 aromatic rings. The number of rotatable bonds is 4. The second-order valence-corrected chi connectivity index (χ2v) is 5.50. The largest absolute Gasteiger partial charge is 0.524 e. The van der Waals surface area contributed by atoms with Gasteiger partial charge in [0, 0.05) is 16.3 Å². The highest BCUT2D eigenvalue weighted by atomic mass is 15.7. The molecular weight excluding hydrogens is 326 g/mol. The molecule has 0 aliphatic carbocycles. The first-order chi connectivity index (χ1) is 12.9. The molecular formula is C19H14N7+. The Hall–Kier alpha value is -3.96. The van der Waals surface area contributed by atoms with E-state index < -0.39 is 0 Å². The summed E-state index contributed by atoms with van der Waals surface area (Å²) in [5.74, 6) is 0.166. The fourth-order valence-electron chi connectivity index (χ4n) is 2.72. The average molecular weight is 340 g/mol. The Bertz CT molecular complexity index is 1080. The van der Waals surface area contributed by atoms with Gasteiger partial charge in [-0.05, 0) is 28.6 Å². The molecule has 7 heteroatoms. The van der Waals surface area contributed by atoms with Crippen LogP contribution in [0, 0.1) is 0 Å². The van der Waals surface area contributed by atoms with Gasteiger partial charge in [-0.1, -0.05) is 71.4 Å². The van der Waals surface area contributed by atoms with Crippen molar-refractivity contribution >= 4 is 5.95 Å². The zero-order chi connectivity index (χ0) is 17.8. The molecule has 0 bridgehead atoms. The summed E-state index contributed by atoms with van der Waals surface area (Å²) in [6.07, 6.45) is 0. The number of tetrazole rings is 1. The van der Waals surface area contributed by atoms with E-state index in [1.54, 1.807) is 4.68 Å². The van der Waals surface area contributed by atoms with Crippen LogP contribution in [0.15, 0.2) is 90.0 Å². The van der Waals surface area contributed by atoms with E-state index in [9.17, 15) is 0 Å². The van der Waals surface area contributed by atoms with E-state index in [0.29, 0.717) is 0 Å². The lowest BCUT2D eigenvalue weighted by Crippen LogP contribution is -2.34. The van der Waals surface area contributed by atoms with Crippen LogP contribution in [-0.4, -0.2) is 15.1 Å². The van der Waals surface area contributed by atoms with Gasteiger partial charge >= 0.3 is 11.1 Å². The molecule has 0 radical (unpaired) electrons. The summed E-state index contributed by atoms with van der Waals surface area (Å²) in [6, 6.07) is 27.2. The monoisotopic (exact) mass is 340 g/mol. The molecule has 0 atom stereocenters. The van der Waals surface area contributed by atoms with Crippen LogP contribution in [0.4, 0.5) is 5.95 Å². The maximum Gasteiger partial charge on any atom is 0.524 e. The quantitative estimate of drug-likeness (QED) is 0.242. The number of azide groups is 1. The third-order valence-electron chi connectivity index (χ3n) is 3.89. The van der Waals surface area contributed by atoms with E-state index in [2.05, 4.69) is 20.3 Å². The first kappa shape index (κ1) is 15.6. The average Bonchev–Trinajstić information content (AvgIpc) is 3.13. The summed E-state index contributed by atoms with van der Waals surface area (Å²) < 4.78 is 1.55. The van der Waals surface area contributed by atoms with E-state index >= 15 is 0 Å². The van der Waals surface area contributed by atoms with Crippen LogP contribution in [0.2, 0.25) is 0 Å². The number of nitrogens with zero attached hydrogens (tertiary/aromatic N) is 7. The smallest absolute Gasteiger partial charge is 0.0873 e. The Labute approximate surface area is 149 Å². The van der Waals surface area contributed by atoms with Crippen LogP contribution >= 0.6 is 0 Å². The molecule has 124 valence electrons. The van der Waals surface area contributed by atoms with Gasteiger partial charge in [-0.15, -0.1) is 0 Å². The molecule has 1 heterocycles. The Morgan fingerprint density at radius 1 is 0.846 bits per heavy atom. The van der Waals surface area contributed by atoms with Crippen molar-refractivity contribution in [2.24, 2.45) is 5.11 Å². The standard InChI is InChI=1S/C19H14N7/c20-23-21-19-22-26(16-11-5-2-6-12-16)24-25(19)18-14-8-7-13-17(18)15-9-3-1-4-10-15/h1-14H/q+1. The third kappa shape index (κ3) is 2.90. The van der Waals surface area contributed by atoms with Crippen LogP contribution in [0.3, 0.4) is 0 Å². The molecule has 0 fully saturated rings. The van der Waals surface area contributed by atoms with Crippen molar-refractivity contribution in [3.05, 3.63) is 95.4 Å². The molecule has 7 nitrogen and oxygen atoms in total. The Kier molecular flexibility index (Phi) is 4.12. The minimum atomic E-state index is 0.166. The molecule has 3 aromatic carbocycles. The van der Waals surface area contributed by atoms with Gasteiger partial charge in [0.15, 0.2) is 4.91 Å². The van der Waals surface area contributed by atoms with Crippen molar-refractivity contribution in [3.63, 3.8) is 0 Å². The first-order valence-electron chi connectivity index (χ1n) is 8.02. The van der Waals surface area contributed by atoms with Crippen molar-refractivity contribution in [2.45, 2.75) is 0 Å². The zero-order valence-electron chi connectivity index (χ0n) is 13.7. The minimum absolute atomic E-state index is 0.166. The summed E-state index contributed by atoms with van der Waals surface area (Å²) in [5, 5.41) is 12.6. The van der Waals surface area contributed by atoms with Crippen molar-refractivity contribution < 1.29 is 4.68 Å². The fraction of sp³-hybridized carbons (Fsp3) is 0. The van der Waals surface area contributed by atoms with Gasteiger partial charge in [0.05, 0.1) is 5.10 Å². The lowest BCUT2D eigenvalue weighted by atomic mass is 10.0. The van der Waals surface area contributed by atoms with Crippen LogP contribution in [0.5, 0.6) is 0 Å². The predicted octanol–water partition coefficient (Wildman–Crippen LogP) is 4.15. The number of para-hydroxylation sites is 2. The molecule has 0 aliphatic rings. The van der Waals surface area contributed by atoms with E-state index in [1.807, 2.05) is 84.9 Å². The SMILES string of the molecule is [N-]=[N+]=Nc1nn(-c2ccccc2)n[n+]1-c1ccccc1-c1ccccc1. The second kappa shape index (κ2) is 6.88. The molecule has 0 saturated heterocycles. The Morgan fingerprint density at radius 3 is 2.23 bits per heavy atom. The number of hydrogen-bond acceptors (Lipinski definition) is 3. The number of benzene rings is 3. The third-order valence-corrected chi connectivity index (χ3v) is 3.89. The highest BCUT2D eigenvalue weighted by molar-refractivity contribution is 5.70. The van der Waals surface area contributed by atoms with E-state index in [1.165, 1.54) is 4.80 Å². The first-order valence-corrected chi connectivity index (χ1v) is 8.02. The molecule has 0 amide bonds. The van der Waals surface area contributed by atoms with Crippen molar-refractivity contribution in [2.75, 3.05) is 0 Å². The van der Waals surface area contributed by atoms with Gasteiger partial charge < -0.3 is 0 Å². The highest BCUT2D eigenvalue weighted by Crippen LogP contribution is 2.24. The second-order valence-electron chi connectivity index (χ2n) is 5.50. The van der Waals surface area contributed by atoms with Crippen molar-refractivity contribution in [1.29, 1.82) is 0 Å². The van der Waals surface area contributed by atoms with Crippen LogP contribution in [0.1, 0.15) is 0 Å². The van der Waals surface area contributed by atoms with Crippen molar-refractivity contribution in [1.82, 2.24) is 15.1 Å². The normalized spacial score (nSPS) is 10.3. The van der Waals surface area contributed by atoms with Crippen molar-refractivity contribution in [3.8, 4) is 22.5 Å². The van der Waals surface area contributed by atoms with E-state index in [-0.39, 0.29) is 5.95 Å². The molecule has 4 rings (SSSR count). The van der Waals surface area contributed by atoms with Gasteiger partial charge in [-0.2, -0.15) is 0 Å². The zero-order valence-corrected chi connectivity index (χ0v) is 13.7. The minimum Gasteiger partial charge on any atom is -0.0873 e. The Morgan fingerprint density at radius 2 is 1.50 bits per heavy atom. The van der Waals surface area contributed by atoms with Crippen LogP contribution in [0.25, 0.3) is 32.9 Å². The van der Waals surface area contributed by atoms with Crippen LogP contribution in [-0.2, 0) is 0 Å². The maximum absolute atomic E-state index is 8.93. The predicted molar refractivity (Wildman–Crippen MR) is 97.1 cm³/mol. The fourth-order valence-corrected chi connectivity index (χ4v) is 2.72. The summed E-state index contributed by atoms with van der Waals surface area (Å²) in [7, 11) is 0. The topological polar surface area (TPSA) is 83.4 Å². The number of hydrogen-bond donors (Lipinski definition) is 0. The lowest BCUT2D eigenvalue weighted by molar-refractivity contribution is -0.648. The van der Waals surface area contributed by atoms with Gasteiger partial charge in [0.1, 0.15) is 11.4 Å². The van der Waals surface area contributed by atoms with Gasteiger partial charge in [-0.3, -0.25) is 0 Å². The molecule has 26 heavy (non-hydrogen) atoms. The number of aromatic nitrogens is 4. The highest BCUT2D eigenvalue weighted by Gasteiger charge is 2.27. The van der Waals surface area contributed by atoms with E-state index in [4.69, 9.17) is 5.53 Å². The molecule has 0 N–H and O–H groups in total. The summed E-state index contributed by atoms with van der Waals surface area (Å²) in [6.45, 7) is 0. The maximum atomic E-state index is 8.93. The molecule has 0 unspecified atom stereocenters. The lowest BCUT2D eigenvalue weighted by Gasteiger charge is -2.05. The molecule has 0 saturated carbocycles. The Balaban J connectivity index is 1.92. The molecule has 0 aliphatic heterocycles. The summed E-state index contributed by atoms with van der Waals surface area (Å²) >= 11 is 0. The van der Waals surface area contributed by atoms with Gasteiger partial charge in [0.25, 0.3) is 0 Å². The summed E-state index contributed by atoms with van der Waals surface area (Å²) in [4.78, 5) is 4.34.